The first-order valence-corrected chi connectivity index (χ1v) is 10.5. The number of nitrogens with zero attached hydrogens (tertiary/aromatic N) is 1. The van der Waals surface area contributed by atoms with Crippen molar-refractivity contribution < 1.29 is 17.9 Å². The first kappa shape index (κ1) is 19.7. The summed E-state index contributed by atoms with van der Waals surface area (Å²) in [5.41, 5.74) is 0.522. The molecule has 0 bridgehead atoms. The number of hydrogen-bond donors (Lipinski definition) is 2. The SMILES string of the molecule is COc1ccc(S(=O)(=O)N2CCC(NC(=O)c3ccccc3S)CC2)cc1. The second kappa shape index (κ2) is 8.33. The van der Waals surface area contributed by atoms with Crippen molar-refractivity contribution >= 4 is 28.6 Å². The van der Waals surface area contributed by atoms with Crippen LogP contribution in [0.5, 0.6) is 5.75 Å². The quantitative estimate of drug-likeness (QED) is 0.749. The maximum Gasteiger partial charge on any atom is 0.252 e. The Morgan fingerprint density at radius 3 is 2.33 bits per heavy atom. The van der Waals surface area contributed by atoms with Gasteiger partial charge in [-0.1, -0.05) is 12.1 Å². The topological polar surface area (TPSA) is 75.7 Å². The molecule has 1 amide bonds. The third-order valence-corrected chi connectivity index (χ3v) is 6.94. The summed E-state index contributed by atoms with van der Waals surface area (Å²) in [4.78, 5) is 13.3. The molecule has 8 heteroatoms. The smallest absolute Gasteiger partial charge is 0.252 e. The van der Waals surface area contributed by atoms with Crippen LogP contribution in [0.2, 0.25) is 0 Å². The number of benzene rings is 2. The molecule has 1 N–H and O–H groups in total. The molecule has 2 aromatic carbocycles. The van der Waals surface area contributed by atoms with Crippen molar-refractivity contribution in [2.24, 2.45) is 0 Å². The number of amides is 1. The second-order valence-corrected chi connectivity index (χ2v) is 8.76. The minimum Gasteiger partial charge on any atom is -0.497 e. The zero-order chi connectivity index (χ0) is 19.4. The van der Waals surface area contributed by atoms with E-state index < -0.39 is 10.0 Å². The van der Waals surface area contributed by atoms with Crippen LogP contribution < -0.4 is 10.1 Å². The number of carbonyl (C=O) groups is 1. The molecule has 0 spiro atoms. The molecule has 0 saturated carbocycles. The molecule has 2 aromatic rings. The third kappa shape index (κ3) is 4.45. The molecule has 6 nitrogen and oxygen atoms in total. The number of piperidine rings is 1. The van der Waals surface area contributed by atoms with E-state index in [0.29, 0.717) is 42.1 Å². The third-order valence-electron chi connectivity index (χ3n) is 4.64. The number of thiol groups is 1. The van der Waals surface area contributed by atoms with Crippen LogP contribution in [0.3, 0.4) is 0 Å². The molecule has 144 valence electrons. The first-order chi connectivity index (χ1) is 12.9. The summed E-state index contributed by atoms with van der Waals surface area (Å²) in [6.45, 7) is 0.726. The highest BCUT2D eigenvalue weighted by Crippen LogP contribution is 2.23. The van der Waals surface area contributed by atoms with E-state index >= 15 is 0 Å². The lowest BCUT2D eigenvalue weighted by Crippen LogP contribution is -2.46. The molecule has 1 saturated heterocycles. The summed E-state index contributed by atoms with van der Waals surface area (Å²) in [7, 11) is -2.01. The summed E-state index contributed by atoms with van der Waals surface area (Å²) >= 11 is 4.30. The lowest BCUT2D eigenvalue weighted by molar-refractivity contribution is 0.0921. The van der Waals surface area contributed by atoms with E-state index in [-0.39, 0.29) is 16.8 Å². The van der Waals surface area contributed by atoms with E-state index in [2.05, 4.69) is 17.9 Å². The van der Waals surface area contributed by atoms with Crippen LogP contribution in [0.25, 0.3) is 0 Å². The Morgan fingerprint density at radius 1 is 1.11 bits per heavy atom. The van der Waals surface area contributed by atoms with Crippen molar-refractivity contribution in [1.82, 2.24) is 9.62 Å². The summed E-state index contributed by atoms with van der Waals surface area (Å²) in [5, 5.41) is 2.98. The van der Waals surface area contributed by atoms with Crippen LogP contribution in [0, 0.1) is 0 Å². The van der Waals surface area contributed by atoms with Gasteiger partial charge < -0.3 is 10.1 Å². The molecule has 1 heterocycles. The Bertz CT molecular complexity index is 906. The number of methoxy groups -OCH3 is 1. The molecule has 1 aliphatic rings. The summed E-state index contributed by atoms with van der Waals surface area (Å²) in [6.07, 6.45) is 1.13. The number of sulfonamides is 1. The lowest BCUT2D eigenvalue weighted by atomic mass is 10.1. The molecule has 3 rings (SSSR count). The van der Waals surface area contributed by atoms with Crippen molar-refractivity contribution in [1.29, 1.82) is 0 Å². The predicted octanol–water partition coefficient (Wildman–Crippen LogP) is 2.57. The van der Waals surface area contributed by atoms with E-state index in [1.807, 2.05) is 6.07 Å². The molecule has 0 aromatic heterocycles. The molecule has 0 atom stereocenters. The fourth-order valence-corrected chi connectivity index (χ4v) is 4.80. The monoisotopic (exact) mass is 406 g/mol. The predicted molar refractivity (Wildman–Crippen MR) is 106 cm³/mol. The van der Waals surface area contributed by atoms with Crippen LogP contribution >= 0.6 is 12.6 Å². The first-order valence-electron chi connectivity index (χ1n) is 8.65. The van der Waals surface area contributed by atoms with Gasteiger partial charge in [0.2, 0.25) is 10.0 Å². The molecule has 0 aliphatic carbocycles. The highest BCUT2D eigenvalue weighted by molar-refractivity contribution is 7.89. The average molecular weight is 407 g/mol. The Balaban J connectivity index is 1.61. The number of nitrogens with one attached hydrogen (secondary N) is 1. The van der Waals surface area contributed by atoms with Gasteiger partial charge in [-0.2, -0.15) is 4.31 Å². The van der Waals surface area contributed by atoms with Gasteiger partial charge in [0.15, 0.2) is 0 Å². The fraction of sp³-hybridized carbons (Fsp3) is 0.316. The summed E-state index contributed by atoms with van der Waals surface area (Å²) in [5.74, 6) is 0.428. The van der Waals surface area contributed by atoms with Gasteiger partial charge in [0.05, 0.1) is 17.6 Å². The standard InChI is InChI=1S/C19H22N2O4S2/c1-25-15-6-8-16(9-7-15)27(23,24)21-12-10-14(11-13-21)20-19(22)17-4-2-3-5-18(17)26/h2-9,14,26H,10-13H2,1H3,(H,20,22). The van der Waals surface area contributed by atoms with E-state index in [9.17, 15) is 13.2 Å². The lowest BCUT2D eigenvalue weighted by Gasteiger charge is -2.31. The van der Waals surface area contributed by atoms with Crippen molar-refractivity contribution in [3.05, 3.63) is 54.1 Å². The van der Waals surface area contributed by atoms with E-state index in [1.54, 1.807) is 42.5 Å². The maximum absolute atomic E-state index is 12.8. The number of rotatable bonds is 5. The highest BCUT2D eigenvalue weighted by Gasteiger charge is 2.30. The van der Waals surface area contributed by atoms with Crippen molar-refractivity contribution in [3.63, 3.8) is 0 Å². The number of ether oxygens (including phenoxy) is 1. The minimum absolute atomic E-state index is 0.0623. The Labute approximate surface area is 165 Å². The van der Waals surface area contributed by atoms with Crippen LogP contribution in [0.1, 0.15) is 23.2 Å². The van der Waals surface area contributed by atoms with Crippen LogP contribution in [0.4, 0.5) is 0 Å². The number of hydrogen-bond acceptors (Lipinski definition) is 5. The average Bonchev–Trinajstić information content (AvgIpc) is 2.68. The van der Waals surface area contributed by atoms with Gasteiger partial charge in [-0.05, 0) is 49.2 Å². The maximum atomic E-state index is 12.8. The van der Waals surface area contributed by atoms with Gasteiger partial charge in [0, 0.05) is 24.0 Å². The zero-order valence-corrected chi connectivity index (χ0v) is 16.7. The molecule has 27 heavy (non-hydrogen) atoms. The van der Waals surface area contributed by atoms with Crippen LogP contribution in [-0.2, 0) is 10.0 Å². The molecule has 0 unspecified atom stereocenters. The van der Waals surface area contributed by atoms with Gasteiger partial charge in [0.1, 0.15) is 5.75 Å². The zero-order valence-electron chi connectivity index (χ0n) is 15.0. The van der Waals surface area contributed by atoms with Gasteiger partial charge in [-0.25, -0.2) is 8.42 Å². The van der Waals surface area contributed by atoms with Gasteiger partial charge in [-0.15, -0.1) is 12.6 Å². The largest absolute Gasteiger partial charge is 0.497 e. The van der Waals surface area contributed by atoms with Gasteiger partial charge in [-0.3, -0.25) is 4.79 Å². The Kier molecular flexibility index (Phi) is 6.08. The molecular weight excluding hydrogens is 384 g/mol. The Hall–Kier alpha value is -2.03. The van der Waals surface area contributed by atoms with Crippen LogP contribution in [0.15, 0.2) is 58.3 Å². The van der Waals surface area contributed by atoms with Crippen molar-refractivity contribution in [2.75, 3.05) is 20.2 Å². The normalized spacial score (nSPS) is 16.1. The molecule has 1 aliphatic heterocycles. The summed E-state index contributed by atoms with van der Waals surface area (Å²) in [6, 6.07) is 13.4. The van der Waals surface area contributed by atoms with Crippen LogP contribution in [-0.4, -0.2) is 44.9 Å². The molecule has 0 radical (unpaired) electrons. The molecular formula is C19H22N2O4S2. The van der Waals surface area contributed by atoms with E-state index in [0.717, 1.165) is 0 Å². The van der Waals surface area contributed by atoms with Gasteiger partial charge >= 0.3 is 0 Å². The number of carbonyl (C=O) groups excluding carboxylic acids is 1. The van der Waals surface area contributed by atoms with E-state index in [4.69, 9.17) is 4.74 Å². The minimum atomic E-state index is -3.54. The summed E-state index contributed by atoms with van der Waals surface area (Å²) < 4.78 is 32.1. The van der Waals surface area contributed by atoms with Gasteiger partial charge in [0.25, 0.3) is 5.91 Å². The van der Waals surface area contributed by atoms with Crippen molar-refractivity contribution in [2.45, 2.75) is 28.7 Å². The van der Waals surface area contributed by atoms with Crippen molar-refractivity contribution in [3.8, 4) is 5.75 Å². The molecule has 1 fully saturated rings. The fourth-order valence-electron chi connectivity index (χ4n) is 3.07. The highest BCUT2D eigenvalue weighted by atomic mass is 32.2. The Morgan fingerprint density at radius 2 is 1.74 bits per heavy atom. The van der Waals surface area contributed by atoms with E-state index in [1.165, 1.54) is 11.4 Å². The second-order valence-electron chi connectivity index (χ2n) is 6.34.